The molecule has 1 amide bonds. The molecule has 0 spiro atoms. The fourth-order valence-electron chi connectivity index (χ4n) is 5.03. The molecule has 1 aromatic carbocycles. The zero-order chi connectivity index (χ0) is 18.8. The number of aryl methyl sites for hydroxylation is 1. The summed E-state index contributed by atoms with van der Waals surface area (Å²) in [5, 5.41) is 4.15. The molecule has 6 rings (SSSR count). The summed E-state index contributed by atoms with van der Waals surface area (Å²) in [6, 6.07) is 11.9. The lowest BCUT2D eigenvalue weighted by Gasteiger charge is -2.21. The van der Waals surface area contributed by atoms with E-state index in [9.17, 15) is 4.79 Å². The van der Waals surface area contributed by atoms with Gasteiger partial charge in [0.05, 0.1) is 35.0 Å². The molecule has 1 aliphatic carbocycles. The van der Waals surface area contributed by atoms with E-state index < -0.39 is 0 Å². The lowest BCUT2D eigenvalue weighted by molar-refractivity contribution is 0.0632. The second kappa shape index (κ2) is 5.85. The van der Waals surface area contributed by atoms with Crippen molar-refractivity contribution in [2.24, 2.45) is 11.8 Å². The zero-order valence-electron chi connectivity index (χ0n) is 15.6. The van der Waals surface area contributed by atoms with Gasteiger partial charge in [-0.2, -0.15) is 0 Å². The van der Waals surface area contributed by atoms with Crippen LogP contribution in [0.2, 0.25) is 0 Å². The number of hydrogen-bond donors (Lipinski definition) is 1. The van der Waals surface area contributed by atoms with Gasteiger partial charge in [-0.3, -0.25) is 9.78 Å². The van der Waals surface area contributed by atoms with Gasteiger partial charge < -0.3 is 10.1 Å². The van der Waals surface area contributed by atoms with E-state index in [0.29, 0.717) is 17.6 Å². The topological polar surface area (TPSA) is 64.1 Å². The molecule has 3 aromatic rings. The van der Waals surface area contributed by atoms with Crippen LogP contribution >= 0.6 is 0 Å². The van der Waals surface area contributed by atoms with E-state index in [2.05, 4.69) is 10.3 Å². The molecule has 2 aromatic heterocycles. The Balaban J connectivity index is 1.40. The maximum atomic E-state index is 13.3. The molecule has 140 valence electrons. The molecule has 1 saturated carbocycles. The van der Waals surface area contributed by atoms with Crippen LogP contribution in [0, 0.1) is 18.8 Å². The molecule has 5 heteroatoms. The average Bonchev–Trinajstić information content (AvgIpc) is 3.33. The van der Waals surface area contributed by atoms with Crippen molar-refractivity contribution in [2.45, 2.75) is 38.0 Å². The van der Waals surface area contributed by atoms with Crippen molar-refractivity contribution >= 4 is 16.8 Å². The van der Waals surface area contributed by atoms with Gasteiger partial charge in [-0.25, -0.2) is 4.98 Å². The van der Waals surface area contributed by atoms with Crippen LogP contribution in [0.1, 0.15) is 28.8 Å². The maximum Gasteiger partial charge on any atom is 0.252 e. The van der Waals surface area contributed by atoms with Gasteiger partial charge in [-0.05, 0) is 61.9 Å². The molecule has 5 nitrogen and oxygen atoms in total. The molecule has 0 radical (unpaired) electrons. The highest BCUT2D eigenvalue weighted by Gasteiger charge is 2.62. The first-order valence-corrected chi connectivity index (χ1v) is 9.95. The highest BCUT2D eigenvalue weighted by atomic mass is 16.5. The molecule has 1 N–H and O–H groups in total. The van der Waals surface area contributed by atoms with Crippen molar-refractivity contribution in [1.29, 1.82) is 0 Å². The van der Waals surface area contributed by atoms with E-state index in [0.717, 1.165) is 40.1 Å². The van der Waals surface area contributed by atoms with E-state index in [-0.39, 0.29) is 18.1 Å². The predicted octanol–water partition coefficient (Wildman–Crippen LogP) is 3.51. The number of nitrogens with one attached hydrogen (secondary N) is 1. The second-order valence-corrected chi connectivity index (χ2v) is 8.34. The highest BCUT2D eigenvalue weighted by Crippen LogP contribution is 2.58. The fraction of sp³-hybridized carbons (Fsp3) is 0.348. The molecule has 3 fully saturated rings. The third-order valence-corrected chi connectivity index (χ3v) is 6.49. The first kappa shape index (κ1) is 16.2. The number of pyridine rings is 2. The number of amides is 1. The minimum absolute atomic E-state index is 0.0403. The number of carbonyl (C=O) groups excluding carboxylic acids is 1. The lowest BCUT2D eigenvalue weighted by atomic mass is 9.95. The number of aromatic nitrogens is 2. The van der Waals surface area contributed by atoms with Gasteiger partial charge in [0.1, 0.15) is 0 Å². The smallest absolute Gasteiger partial charge is 0.252 e. The summed E-state index contributed by atoms with van der Waals surface area (Å²) in [5.74, 6) is 1.37. The average molecular weight is 371 g/mol. The molecule has 4 heterocycles. The second-order valence-electron chi connectivity index (χ2n) is 8.34. The summed E-state index contributed by atoms with van der Waals surface area (Å²) in [5.41, 5.74) is 4.27. The van der Waals surface area contributed by atoms with E-state index in [1.54, 1.807) is 12.4 Å². The van der Waals surface area contributed by atoms with Crippen molar-refractivity contribution < 1.29 is 9.53 Å². The minimum Gasteiger partial charge on any atom is -0.372 e. The van der Waals surface area contributed by atoms with E-state index in [4.69, 9.17) is 9.72 Å². The van der Waals surface area contributed by atoms with Crippen LogP contribution in [-0.2, 0) is 4.74 Å². The van der Waals surface area contributed by atoms with Crippen LogP contribution in [0.4, 0.5) is 0 Å². The Hall–Kier alpha value is -2.79. The van der Waals surface area contributed by atoms with Gasteiger partial charge in [0.2, 0.25) is 0 Å². The summed E-state index contributed by atoms with van der Waals surface area (Å²) in [7, 11) is 0. The SMILES string of the molecule is Cc1ccc2nc(-c3cccnc3)cc(C(=O)N[C@@H]3C[C@@H]4O[C@H]3[C@H]3C[C@H]34)c2c1. The molecule has 3 aliphatic rings. The number of benzene rings is 1. The number of nitrogens with zero attached hydrogens (tertiary/aromatic N) is 2. The predicted molar refractivity (Wildman–Crippen MR) is 106 cm³/mol. The van der Waals surface area contributed by atoms with Crippen LogP contribution in [0.15, 0.2) is 48.8 Å². The van der Waals surface area contributed by atoms with Crippen LogP contribution in [0.5, 0.6) is 0 Å². The van der Waals surface area contributed by atoms with Crippen LogP contribution in [-0.4, -0.2) is 34.1 Å². The third kappa shape index (κ3) is 2.46. The molecule has 2 bridgehead atoms. The van der Waals surface area contributed by atoms with Crippen molar-refractivity contribution in [3.05, 3.63) is 59.9 Å². The first-order chi connectivity index (χ1) is 13.7. The van der Waals surface area contributed by atoms with Crippen molar-refractivity contribution in [3.8, 4) is 11.3 Å². The first-order valence-electron chi connectivity index (χ1n) is 9.95. The number of rotatable bonds is 3. The molecule has 0 unspecified atom stereocenters. The summed E-state index contributed by atoms with van der Waals surface area (Å²) < 4.78 is 6.05. The Morgan fingerprint density at radius 1 is 1.18 bits per heavy atom. The number of fused-ring (bicyclic) bond motifs is 6. The Morgan fingerprint density at radius 3 is 2.89 bits per heavy atom. The largest absolute Gasteiger partial charge is 0.372 e. The number of hydrogen-bond acceptors (Lipinski definition) is 4. The zero-order valence-corrected chi connectivity index (χ0v) is 15.6. The van der Waals surface area contributed by atoms with E-state index in [1.165, 1.54) is 6.42 Å². The number of carbonyl (C=O) groups is 1. The summed E-state index contributed by atoms with van der Waals surface area (Å²) >= 11 is 0. The maximum absolute atomic E-state index is 13.3. The van der Waals surface area contributed by atoms with Gasteiger partial charge >= 0.3 is 0 Å². The normalized spacial score (nSPS) is 29.7. The van der Waals surface area contributed by atoms with Gasteiger partial charge in [0.25, 0.3) is 5.91 Å². The third-order valence-electron chi connectivity index (χ3n) is 6.49. The molecule has 28 heavy (non-hydrogen) atoms. The summed E-state index contributed by atoms with van der Waals surface area (Å²) in [4.78, 5) is 22.3. The van der Waals surface area contributed by atoms with Gasteiger partial charge in [0, 0.05) is 23.3 Å². The quantitative estimate of drug-likeness (QED) is 0.765. The van der Waals surface area contributed by atoms with Crippen molar-refractivity contribution in [2.75, 3.05) is 0 Å². The minimum atomic E-state index is -0.0403. The lowest BCUT2D eigenvalue weighted by Crippen LogP contribution is -2.42. The molecule has 2 saturated heterocycles. The Kier molecular flexibility index (Phi) is 3.38. The van der Waals surface area contributed by atoms with Crippen LogP contribution in [0.3, 0.4) is 0 Å². The van der Waals surface area contributed by atoms with Crippen molar-refractivity contribution in [1.82, 2.24) is 15.3 Å². The molecule has 5 atom stereocenters. The standard InChI is InChI=1S/C23H21N3O2/c1-12-4-5-18-14(7-12)17(9-19(25-18)13-3-2-6-24-11-13)23(27)26-20-10-21-15-8-16(15)22(20)28-21/h2-7,9,11,15-16,20-22H,8,10H2,1H3,(H,26,27)/t15-,16+,20-,21+,22+/m1/s1. The van der Waals surface area contributed by atoms with Gasteiger partial charge in [0.15, 0.2) is 0 Å². The van der Waals surface area contributed by atoms with E-state index >= 15 is 0 Å². The Bertz CT molecular complexity index is 1100. The summed E-state index contributed by atoms with van der Waals surface area (Å²) in [6.45, 7) is 2.03. The highest BCUT2D eigenvalue weighted by molar-refractivity contribution is 6.07. The molecular weight excluding hydrogens is 350 g/mol. The Labute approximate surface area is 163 Å². The van der Waals surface area contributed by atoms with Crippen LogP contribution in [0.25, 0.3) is 22.2 Å². The van der Waals surface area contributed by atoms with Gasteiger partial charge in [-0.1, -0.05) is 11.6 Å². The number of ether oxygens (including phenoxy) is 1. The monoisotopic (exact) mass is 371 g/mol. The Morgan fingerprint density at radius 2 is 2.11 bits per heavy atom. The van der Waals surface area contributed by atoms with Gasteiger partial charge in [-0.15, -0.1) is 0 Å². The van der Waals surface area contributed by atoms with Crippen molar-refractivity contribution in [3.63, 3.8) is 0 Å². The fourth-order valence-corrected chi connectivity index (χ4v) is 5.03. The molecule has 2 aliphatic heterocycles. The molecular formula is C23H21N3O2. The van der Waals surface area contributed by atoms with E-state index in [1.807, 2.05) is 43.3 Å². The van der Waals surface area contributed by atoms with Crippen LogP contribution < -0.4 is 5.32 Å². The summed E-state index contributed by atoms with van der Waals surface area (Å²) in [6.07, 6.45) is 6.27.